The van der Waals surface area contributed by atoms with Crippen molar-refractivity contribution in [3.8, 4) is 0 Å². The molecule has 0 aliphatic carbocycles. The lowest BCUT2D eigenvalue weighted by molar-refractivity contribution is -0.870. The average molecular weight is 827 g/mol. The number of carbonyl (C=O) groups excluding carboxylic acids is 2. The van der Waals surface area contributed by atoms with E-state index in [1.165, 1.54) is 0 Å². The van der Waals surface area contributed by atoms with Gasteiger partial charge in [0.25, 0.3) is 15.6 Å². The molecule has 0 rings (SSSR count). The highest BCUT2D eigenvalue weighted by Gasteiger charge is 2.40. The Labute approximate surface area is 310 Å². The molecule has 304 valence electrons. The predicted molar refractivity (Wildman–Crippen MR) is 199 cm³/mol. The van der Waals surface area contributed by atoms with Gasteiger partial charge >= 0.3 is 20.5 Å². The Hall–Kier alpha value is -0.349. The summed E-state index contributed by atoms with van der Waals surface area (Å²) < 4.78 is 67.9. The van der Waals surface area contributed by atoms with Crippen molar-refractivity contribution in [1.82, 2.24) is 0 Å². The lowest BCUT2D eigenvalue weighted by Gasteiger charge is -2.39. The summed E-state index contributed by atoms with van der Waals surface area (Å²) in [6.45, 7) is 15.8. The summed E-state index contributed by atoms with van der Waals surface area (Å²) in [5, 5.41) is 0. The standard InChI is InChI=1S/C30H68N2O14P2Si3/c1-27(29(33)39-21-23-43-47(35,36)41-19-17-31(3,4)5)15-25-49(9,10)45-51(13,14)46-50(11,12)26-16-28(2)30(34)40-22-24-44-48(37,38)42-20-18-32(6,7)8/h27-28H,15-26H2,1-14H3. The Kier molecular flexibility index (Phi) is 21.5. The molecule has 0 amide bonds. The van der Waals surface area contributed by atoms with Crippen LogP contribution in [-0.2, 0) is 54.5 Å². The highest BCUT2D eigenvalue weighted by molar-refractivity contribution is 7.46. The maximum Gasteiger partial charge on any atom is 0.311 e. The largest absolute Gasteiger partial charge is 0.756 e. The van der Waals surface area contributed by atoms with Crippen LogP contribution in [0.25, 0.3) is 0 Å². The first-order chi connectivity index (χ1) is 22.9. The normalized spacial score (nSPS) is 16.9. The molecule has 0 aromatic carbocycles. The van der Waals surface area contributed by atoms with Crippen molar-refractivity contribution < 1.29 is 73.3 Å². The van der Waals surface area contributed by atoms with Gasteiger partial charge in [-0.3, -0.25) is 18.7 Å². The number of quaternary nitrogens is 2. The Morgan fingerprint density at radius 2 is 0.863 bits per heavy atom. The zero-order valence-electron chi connectivity index (χ0n) is 33.6. The van der Waals surface area contributed by atoms with Crippen LogP contribution in [0.4, 0.5) is 0 Å². The van der Waals surface area contributed by atoms with Crippen molar-refractivity contribution in [2.75, 3.05) is 95.0 Å². The second kappa shape index (κ2) is 21.7. The summed E-state index contributed by atoms with van der Waals surface area (Å²) in [5.41, 5.74) is 0. The molecule has 4 unspecified atom stereocenters. The van der Waals surface area contributed by atoms with E-state index in [0.29, 0.717) is 47.0 Å². The van der Waals surface area contributed by atoms with Crippen LogP contribution in [0.2, 0.25) is 51.4 Å². The van der Waals surface area contributed by atoms with Gasteiger partial charge in [0.2, 0.25) is 0 Å². The second-order valence-corrected chi connectivity index (χ2v) is 31.9. The molecule has 21 heteroatoms. The highest BCUT2D eigenvalue weighted by atomic mass is 31.2. The molecular formula is C30H68N2O14P2Si3. The van der Waals surface area contributed by atoms with E-state index < -0.39 is 64.6 Å². The highest BCUT2D eigenvalue weighted by Crippen LogP contribution is 2.38. The van der Waals surface area contributed by atoms with Crippen LogP contribution in [0.1, 0.15) is 26.7 Å². The molecule has 4 atom stereocenters. The number of esters is 2. The van der Waals surface area contributed by atoms with Crippen molar-refractivity contribution in [3.63, 3.8) is 0 Å². The summed E-state index contributed by atoms with van der Waals surface area (Å²) in [6, 6.07) is 1.38. The van der Waals surface area contributed by atoms with E-state index in [9.17, 15) is 28.5 Å². The lowest BCUT2D eigenvalue weighted by atomic mass is 10.1. The van der Waals surface area contributed by atoms with Gasteiger partial charge in [-0.1, -0.05) is 13.8 Å². The van der Waals surface area contributed by atoms with E-state index in [4.69, 9.17) is 35.8 Å². The third-order valence-electron chi connectivity index (χ3n) is 7.38. The Bertz CT molecular complexity index is 1080. The molecule has 0 fully saturated rings. The molecule has 0 N–H and O–H groups in total. The Morgan fingerprint density at radius 3 is 1.16 bits per heavy atom. The molecule has 51 heavy (non-hydrogen) atoms. The molecule has 0 saturated carbocycles. The van der Waals surface area contributed by atoms with Crippen LogP contribution in [0, 0.1) is 11.8 Å². The third kappa shape index (κ3) is 27.8. The molecule has 0 aromatic rings. The maximum absolute atomic E-state index is 12.5. The quantitative estimate of drug-likeness (QED) is 0.0365. The molecule has 0 radical (unpaired) electrons. The number of phosphoric acid groups is 2. The molecular weight excluding hydrogens is 759 g/mol. The molecule has 0 aliphatic heterocycles. The first-order valence-electron chi connectivity index (χ1n) is 17.4. The van der Waals surface area contributed by atoms with E-state index in [0.717, 1.165) is 0 Å². The van der Waals surface area contributed by atoms with Crippen LogP contribution < -0.4 is 9.79 Å². The molecule has 0 bridgehead atoms. The van der Waals surface area contributed by atoms with E-state index in [-0.39, 0.29) is 39.6 Å². The first-order valence-corrected chi connectivity index (χ1v) is 29.4. The van der Waals surface area contributed by atoms with Gasteiger partial charge in [-0.25, -0.2) is 0 Å². The Balaban J connectivity index is 4.59. The summed E-state index contributed by atoms with van der Waals surface area (Å²) >= 11 is 0. The zero-order chi connectivity index (χ0) is 40.0. The number of ether oxygens (including phenoxy) is 2. The minimum absolute atomic E-state index is 0.00652. The minimum atomic E-state index is -4.48. The second-order valence-electron chi connectivity index (χ2n) is 16.6. The zero-order valence-corrected chi connectivity index (χ0v) is 38.4. The molecule has 0 aliphatic rings. The molecule has 0 aromatic heterocycles. The van der Waals surface area contributed by atoms with Crippen LogP contribution in [0.3, 0.4) is 0 Å². The van der Waals surface area contributed by atoms with Crippen LogP contribution in [0.5, 0.6) is 0 Å². The fourth-order valence-electron chi connectivity index (χ4n) is 4.61. The summed E-state index contributed by atoms with van der Waals surface area (Å²) in [4.78, 5) is 48.8. The van der Waals surface area contributed by atoms with Gasteiger partial charge < -0.3 is 54.6 Å². The number of hydrogen-bond donors (Lipinski definition) is 0. The topological polar surface area (TPSA) is 188 Å². The van der Waals surface area contributed by atoms with Gasteiger partial charge in [-0.15, -0.1) is 0 Å². The number of phosphoric ester groups is 2. The monoisotopic (exact) mass is 826 g/mol. The van der Waals surface area contributed by atoms with Gasteiger partial charge in [-0.05, 0) is 64.2 Å². The molecule has 0 heterocycles. The SMILES string of the molecule is CC(CC[Si](C)(C)O[Si](C)(C)O[Si](C)(C)CCC(C)C(=O)OCCOP(=O)([O-])OCC[N+](C)(C)C)C(=O)OCCOP(=O)([O-])OCC[N+](C)(C)C. The van der Waals surface area contributed by atoms with Gasteiger partial charge in [0.05, 0.1) is 67.3 Å². The lowest BCUT2D eigenvalue weighted by Crippen LogP contribution is -2.52. The van der Waals surface area contributed by atoms with Crippen LogP contribution in [-0.4, -0.2) is 141 Å². The first kappa shape index (κ1) is 50.7. The minimum Gasteiger partial charge on any atom is -0.756 e. The van der Waals surface area contributed by atoms with E-state index in [2.05, 4.69) is 26.2 Å². The van der Waals surface area contributed by atoms with Crippen LogP contribution >= 0.6 is 15.6 Å². The van der Waals surface area contributed by atoms with Gasteiger partial charge in [0, 0.05) is 0 Å². The number of rotatable bonds is 28. The van der Waals surface area contributed by atoms with E-state index in [1.54, 1.807) is 13.8 Å². The smallest absolute Gasteiger partial charge is 0.311 e. The van der Waals surface area contributed by atoms with Crippen molar-refractivity contribution in [1.29, 1.82) is 0 Å². The molecule has 0 spiro atoms. The summed E-state index contributed by atoms with van der Waals surface area (Å²) in [5.74, 6) is -1.72. The maximum atomic E-state index is 12.5. The van der Waals surface area contributed by atoms with E-state index in [1.807, 2.05) is 55.4 Å². The number of hydrogen-bond acceptors (Lipinski definition) is 14. The Morgan fingerprint density at radius 1 is 0.569 bits per heavy atom. The van der Waals surface area contributed by atoms with Crippen molar-refractivity contribution in [2.24, 2.45) is 11.8 Å². The average Bonchev–Trinajstić information content (AvgIpc) is 2.92. The van der Waals surface area contributed by atoms with Crippen LogP contribution in [0.15, 0.2) is 0 Å². The summed E-state index contributed by atoms with van der Waals surface area (Å²) in [6.07, 6.45) is 1.08. The van der Waals surface area contributed by atoms with Gasteiger partial charge in [-0.2, -0.15) is 0 Å². The van der Waals surface area contributed by atoms with Crippen molar-refractivity contribution in [3.05, 3.63) is 0 Å². The summed E-state index contributed by atoms with van der Waals surface area (Å²) in [7, 11) is -4.57. The van der Waals surface area contributed by atoms with Crippen molar-refractivity contribution in [2.45, 2.75) is 78.1 Å². The van der Waals surface area contributed by atoms with E-state index >= 15 is 0 Å². The number of likely N-dealkylation sites (N-methyl/N-ethyl adjacent to an activating group) is 2. The number of nitrogens with zero attached hydrogens (tertiary/aromatic N) is 2. The molecule has 0 saturated heterocycles. The van der Waals surface area contributed by atoms with Gasteiger partial charge in [0.1, 0.15) is 39.5 Å². The fraction of sp³-hybridized carbons (Fsp3) is 0.933. The predicted octanol–water partition coefficient (Wildman–Crippen LogP) is 3.69. The van der Waals surface area contributed by atoms with Gasteiger partial charge in [0.15, 0.2) is 16.6 Å². The number of carbonyl (C=O) groups is 2. The fourth-order valence-corrected chi connectivity index (χ4v) is 20.2. The molecule has 16 nitrogen and oxygen atoms in total. The van der Waals surface area contributed by atoms with Crippen molar-refractivity contribution >= 4 is 52.8 Å². The third-order valence-corrected chi connectivity index (χ3v) is 20.7.